The maximum atomic E-state index is 9.14. The molecular formula is C14H20O3. The third-order valence-corrected chi connectivity index (χ3v) is 3.26. The van der Waals surface area contributed by atoms with E-state index in [1.807, 2.05) is 18.2 Å². The van der Waals surface area contributed by atoms with Gasteiger partial charge in [0, 0.05) is 0 Å². The second-order valence-electron chi connectivity index (χ2n) is 4.52. The number of hydrogen-bond donors (Lipinski definition) is 1. The van der Waals surface area contributed by atoms with Gasteiger partial charge in [-0.3, -0.25) is 0 Å². The molecule has 3 heteroatoms. The predicted octanol–water partition coefficient (Wildman–Crippen LogP) is 2.90. The fourth-order valence-electron chi connectivity index (χ4n) is 2.27. The van der Waals surface area contributed by atoms with E-state index in [1.54, 1.807) is 7.11 Å². The third-order valence-electron chi connectivity index (χ3n) is 3.26. The van der Waals surface area contributed by atoms with Crippen molar-refractivity contribution >= 4 is 0 Å². The largest absolute Gasteiger partial charge is 0.493 e. The molecule has 0 amide bonds. The van der Waals surface area contributed by atoms with Gasteiger partial charge in [0.15, 0.2) is 11.5 Å². The molecule has 3 nitrogen and oxygen atoms in total. The molecule has 1 N–H and O–H groups in total. The van der Waals surface area contributed by atoms with Crippen molar-refractivity contribution in [1.29, 1.82) is 0 Å². The van der Waals surface area contributed by atoms with Gasteiger partial charge in [0.25, 0.3) is 0 Å². The van der Waals surface area contributed by atoms with E-state index < -0.39 is 0 Å². The van der Waals surface area contributed by atoms with Crippen LogP contribution in [0.1, 0.15) is 37.7 Å². The Morgan fingerprint density at radius 2 is 1.94 bits per heavy atom. The van der Waals surface area contributed by atoms with Gasteiger partial charge in [-0.1, -0.05) is 12.5 Å². The van der Waals surface area contributed by atoms with E-state index in [2.05, 4.69) is 0 Å². The lowest BCUT2D eigenvalue weighted by Crippen LogP contribution is -2.20. The van der Waals surface area contributed by atoms with Crippen molar-refractivity contribution in [2.75, 3.05) is 7.11 Å². The van der Waals surface area contributed by atoms with Crippen molar-refractivity contribution in [3.8, 4) is 11.5 Å². The zero-order valence-corrected chi connectivity index (χ0v) is 10.3. The number of aliphatic hydroxyl groups excluding tert-OH is 1. The molecule has 94 valence electrons. The number of hydrogen-bond acceptors (Lipinski definition) is 3. The lowest BCUT2D eigenvalue weighted by molar-refractivity contribution is 0.149. The molecule has 0 saturated heterocycles. The molecule has 0 bridgehead atoms. The van der Waals surface area contributed by atoms with Gasteiger partial charge < -0.3 is 14.6 Å². The summed E-state index contributed by atoms with van der Waals surface area (Å²) >= 11 is 0. The summed E-state index contributed by atoms with van der Waals surface area (Å²) in [6.45, 7) is 0.0328. The van der Waals surface area contributed by atoms with Gasteiger partial charge >= 0.3 is 0 Å². The highest BCUT2D eigenvalue weighted by molar-refractivity contribution is 5.42. The Kier molecular flexibility index (Phi) is 4.26. The first-order valence-corrected chi connectivity index (χ1v) is 6.28. The van der Waals surface area contributed by atoms with Crippen LogP contribution in [0, 0.1) is 0 Å². The van der Waals surface area contributed by atoms with E-state index in [-0.39, 0.29) is 6.61 Å². The van der Waals surface area contributed by atoms with Gasteiger partial charge in [-0.05, 0) is 43.4 Å². The van der Waals surface area contributed by atoms with Gasteiger partial charge in [0.05, 0.1) is 19.8 Å². The maximum absolute atomic E-state index is 9.14. The topological polar surface area (TPSA) is 38.7 Å². The Hall–Kier alpha value is -1.22. The molecule has 0 heterocycles. The normalized spacial score (nSPS) is 16.8. The number of benzene rings is 1. The number of ether oxygens (including phenoxy) is 2. The summed E-state index contributed by atoms with van der Waals surface area (Å²) in [6, 6.07) is 5.57. The van der Waals surface area contributed by atoms with E-state index >= 15 is 0 Å². The van der Waals surface area contributed by atoms with Crippen molar-refractivity contribution in [3.05, 3.63) is 23.8 Å². The molecule has 1 aromatic rings. The molecule has 1 fully saturated rings. The molecule has 0 atom stereocenters. The molecule has 1 aliphatic carbocycles. The smallest absolute Gasteiger partial charge is 0.161 e. The van der Waals surface area contributed by atoms with E-state index in [4.69, 9.17) is 14.6 Å². The molecule has 0 unspecified atom stereocenters. The van der Waals surface area contributed by atoms with Gasteiger partial charge in [-0.15, -0.1) is 0 Å². The zero-order valence-electron chi connectivity index (χ0n) is 10.3. The Balaban J connectivity index is 2.11. The fourth-order valence-corrected chi connectivity index (χ4v) is 2.27. The predicted molar refractivity (Wildman–Crippen MR) is 66.4 cm³/mol. The molecule has 2 rings (SSSR count). The summed E-state index contributed by atoms with van der Waals surface area (Å²) in [5, 5.41) is 9.14. The Bertz CT molecular complexity index is 356. The molecule has 1 aliphatic rings. The molecule has 17 heavy (non-hydrogen) atoms. The van der Waals surface area contributed by atoms with Crippen LogP contribution in [0.15, 0.2) is 18.2 Å². The summed E-state index contributed by atoms with van der Waals surface area (Å²) in [7, 11) is 1.64. The first-order valence-electron chi connectivity index (χ1n) is 6.28. The van der Waals surface area contributed by atoms with Gasteiger partial charge in [-0.2, -0.15) is 0 Å². The summed E-state index contributed by atoms with van der Waals surface area (Å²) in [5.41, 5.74) is 0.858. The summed E-state index contributed by atoms with van der Waals surface area (Å²) in [4.78, 5) is 0. The Morgan fingerprint density at radius 3 is 2.59 bits per heavy atom. The lowest BCUT2D eigenvalue weighted by Gasteiger charge is -2.24. The van der Waals surface area contributed by atoms with Crippen LogP contribution in [0.2, 0.25) is 0 Å². The Labute approximate surface area is 102 Å². The van der Waals surface area contributed by atoms with Crippen LogP contribution in [-0.2, 0) is 6.61 Å². The van der Waals surface area contributed by atoms with E-state index in [0.717, 1.165) is 29.9 Å². The molecular weight excluding hydrogens is 216 g/mol. The van der Waals surface area contributed by atoms with E-state index in [9.17, 15) is 0 Å². The molecule has 1 aromatic carbocycles. The number of methoxy groups -OCH3 is 1. The average molecular weight is 236 g/mol. The second kappa shape index (κ2) is 5.92. The average Bonchev–Trinajstić information content (AvgIpc) is 2.40. The summed E-state index contributed by atoms with van der Waals surface area (Å²) < 4.78 is 11.3. The van der Waals surface area contributed by atoms with Crippen molar-refractivity contribution in [2.24, 2.45) is 0 Å². The monoisotopic (exact) mass is 236 g/mol. The van der Waals surface area contributed by atoms with Crippen LogP contribution in [0.4, 0.5) is 0 Å². The third kappa shape index (κ3) is 3.13. The molecule has 0 aliphatic heterocycles. The van der Waals surface area contributed by atoms with Crippen molar-refractivity contribution in [3.63, 3.8) is 0 Å². The highest BCUT2D eigenvalue weighted by Gasteiger charge is 2.17. The van der Waals surface area contributed by atoms with Gasteiger partial charge in [0.1, 0.15) is 0 Å². The minimum Gasteiger partial charge on any atom is -0.493 e. The standard InChI is InChI=1S/C14H20O3/c1-16-13-8-7-11(10-15)9-14(13)17-12-5-3-2-4-6-12/h7-9,12,15H,2-6,10H2,1H3. The van der Waals surface area contributed by atoms with Gasteiger partial charge in [-0.25, -0.2) is 0 Å². The number of rotatable bonds is 4. The Morgan fingerprint density at radius 1 is 1.18 bits per heavy atom. The van der Waals surface area contributed by atoms with Crippen LogP contribution >= 0.6 is 0 Å². The molecule has 0 radical (unpaired) electrons. The quantitative estimate of drug-likeness (QED) is 0.873. The minimum atomic E-state index is 0.0328. The lowest BCUT2D eigenvalue weighted by atomic mass is 9.98. The zero-order chi connectivity index (χ0) is 12.1. The summed E-state index contributed by atoms with van der Waals surface area (Å²) in [6.07, 6.45) is 6.33. The first kappa shape index (κ1) is 12.2. The van der Waals surface area contributed by atoms with Crippen molar-refractivity contribution in [2.45, 2.75) is 44.8 Å². The van der Waals surface area contributed by atoms with Gasteiger partial charge in [0.2, 0.25) is 0 Å². The van der Waals surface area contributed by atoms with Crippen molar-refractivity contribution < 1.29 is 14.6 Å². The van der Waals surface area contributed by atoms with Crippen LogP contribution in [0.5, 0.6) is 11.5 Å². The van der Waals surface area contributed by atoms with Crippen LogP contribution in [-0.4, -0.2) is 18.3 Å². The second-order valence-corrected chi connectivity index (χ2v) is 4.52. The van der Waals surface area contributed by atoms with E-state index in [0.29, 0.717) is 6.10 Å². The maximum Gasteiger partial charge on any atom is 0.161 e. The van der Waals surface area contributed by atoms with Crippen LogP contribution < -0.4 is 9.47 Å². The van der Waals surface area contributed by atoms with E-state index in [1.165, 1.54) is 19.3 Å². The molecule has 0 aromatic heterocycles. The first-order chi connectivity index (χ1) is 8.33. The highest BCUT2D eigenvalue weighted by atomic mass is 16.5. The fraction of sp³-hybridized carbons (Fsp3) is 0.571. The van der Waals surface area contributed by atoms with Crippen LogP contribution in [0.25, 0.3) is 0 Å². The van der Waals surface area contributed by atoms with Crippen molar-refractivity contribution in [1.82, 2.24) is 0 Å². The minimum absolute atomic E-state index is 0.0328. The SMILES string of the molecule is COc1ccc(CO)cc1OC1CCCCC1. The molecule has 0 spiro atoms. The highest BCUT2D eigenvalue weighted by Crippen LogP contribution is 2.31. The molecule has 1 saturated carbocycles. The number of aliphatic hydroxyl groups is 1. The van der Waals surface area contributed by atoms with Crippen LogP contribution in [0.3, 0.4) is 0 Å². The summed E-state index contributed by atoms with van der Waals surface area (Å²) in [5.74, 6) is 1.50.